The highest BCUT2D eigenvalue weighted by Gasteiger charge is 2.29. The van der Waals surface area contributed by atoms with Crippen LogP contribution in [0.2, 0.25) is 0 Å². The fourth-order valence-electron chi connectivity index (χ4n) is 2.77. The SMILES string of the molecule is CC(O)[C@H](NC(=O)[C@@H](C)CCC(=O)OCc1ccccc1)C(=O)OCc1ccccc1. The summed E-state index contributed by atoms with van der Waals surface area (Å²) < 4.78 is 10.4. The first-order valence-corrected chi connectivity index (χ1v) is 10.3. The first-order chi connectivity index (χ1) is 14.9. The van der Waals surface area contributed by atoms with Gasteiger partial charge in [-0.25, -0.2) is 4.79 Å². The summed E-state index contributed by atoms with van der Waals surface area (Å²) in [5.74, 6) is -2.12. The maximum atomic E-state index is 12.4. The van der Waals surface area contributed by atoms with E-state index in [2.05, 4.69) is 5.32 Å². The molecule has 0 heterocycles. The van der Waals surface area contributed by atoms with Crippen LogP contribution in [0.25, 0.3) is 0 Å². The molecule has 0 saturated carbocycles. The summed E-state index contributed by atoms with van der Waals surface area (Å²) in [6.45, 7) is 3.27. The molecule has 0 bridgehead atoms. The number of rotatable bonds is 11. The molecule has 7 nitrogen and oxygen atoms in total. The number of aliphatic hydroxyl groups excluding tert-OH is 1. The highest BCUT2D eigenvalue weighted by molar-refractivity contribution is 5.86. The molecule has 2 aromatic carbocycles. The number of hydrogen-bond donors (Lipinski definition) is 2. The van der Waals surface area contributed by atoms with Crippen LogP contribution in [0, 0.1) is 5.92 Å². The number of benzene rings is 2. The zero-order valence-corrected chi connectivity index (χ0v) is 17.8. The van der Waals surface area contributed by atoms with Gasteiger partial charge in [-0.15, -0.1) is 0 Å². The number of aliphatic hydroxyl groups is 1. The van der Waals surface area contributed by atoms with Crippen LogP contribution in [0.1, 0.15) is 37.8 Å². The topological polar surface area (TPSA) is 102 Å². The van der Waals surface area contributed by atoms with Crippen molar-refractivity contribution in [3.8, 4) is 0 Å². The molecule has 0 radical (unpaired) electrons. The molecular weight excluding hydrogens is 398 g/mol. The second-order valence-electron chi connectivity index (χ2n) is 7.41. The van der Waals surface area contributed by atoms with E-state index in [0.29, 0.717) is 0 Å². The lowest BCUT2D eigenvalue weighted by molar-refractivity contribution is -0.153. The van der Waals surface area contributed by atoms with Gasteiger partial charge in [0.05, 0.1) is 6.10 Å². The molecule has 0 aliphatic rings. The Labute approximate surface area is 182 Å². The van der Waals surface area contributed by atoms with Gasteiger partial charge in [0.15, 0.2) is 6.04 Å². The largest absolute Gasteiger partial charge is 0.461 e. The molecule has 3 atom stereocenters. The molecule has 7 heteroatoms. The monoisotopic (exact) mass is 427 g/mol. The molecule has 0 spiro atoms. The summed E-state index contributed by atoms with van der Waals surface area (Å²) in [4.78, 5) is 36.7. The van der Waals surface area contributed by atoms with Crippen molar-refractivity contribution in [1.29, 1.82) is 0 Å². The lowest BCUT2D eigenvalue weighted by Crippen LogP contribution is -2.50. The Balaban J connectivity index is 1.77. The van der Waals surface area contributed by atoms with Crippen molar-refractivity contribution < 1.29 is 29.0 Å². The van der Waals surface area contributed by atoms with Crippen LogP contribution in [-0.2, 0) is 37.1 Å². The summed E-state index contributed by atoms with van der Waals surface area (Å²) in [5.41, 5.74) is 1.68. The van der Waals surface area contributed by atoms with Gasteiger partial charge in [0.2, 0.25) is 5.91 Å². The Morgan fingerprint density at radius 1 is 0.871 bits per heavy atom. The minimum absolute atomic E-state index is 0.0432. The highest BCUT2D eigenvalue weighted by atomic mass is 16.5. The van der Waals surface area contributed by atoms with E-state index < -0.39 is 35.9 Å². The summed E-state index contributed by atoms with van der Waals surface area (Å²) in [6.07, 6.45) is -0.806. The van der Waals surface area contributed by atoms with Gasteiger partial charge in [0.25, 0.3) is 0 Å². The van der Waals surface area contributed by atoms with Crippen molar-refractivity contribution in [3.05, 3.63) is 71.8 Å². The molecule has 0 aliphatic carbocycles. The van der Waals surface area contributed by atoms with E-state index in [0.717, 1.165) is 11.1 Å². The molecular formula is C24H29NO6. The molecule has 1 unspecified atom stereocenters. The molecule has 2 aromatic rings. The van der Waals surface area contributed by atoms with Crippen LogP contribution >= 0.6 is 0 Å². The molecule has 31 heavy (non-hydrogen) atoms. The molecule has 1 amide bonds. The minimum atomic E-state index is -1.19. The smallest absolute Gasteiger partial charge is 0.331 e. The molecule has 166 valence electrons. The number of ether oxygens (including phenoxy) is 2. The lowest BCUT2D eigenvalue weighted by atomic mass is 10.0. The number of amides is 1. The number of carbonyl (C=O) groups excluding carboxylic acids is 3. The van der Waals surface area contributed by atoms with Gasteiger partial charge in [-0.3, -0.25) is 9.59 Å². The van der Waals surface area contributed by atoms with Crippen molar-refractivity contribution in [2.45, 2.75) is 52.0 Å². The fourth-order valence-corrected chi connectivity index (χ4v) is 2.77. The zero-order valence-electron chi connectivity index (χ0n) is 17.8. The van der Waals surface area contributed by atoms with Gasteiger partial charge in [-0.1, -0.05) is 67.6 Å². The molecule has 0 fully saturated rings. The van der Waals surface area contributed by atoms with Crippen LogP contribution in [0.5, 0.6) is 0 Å². The van der Waals surface area contributed by atoms with Crippen LogP contribution in [0.3, 0.4) is 0 Å². The normalized spacial score (nSPS) is 13.5. The zero-order chi connectivity index (χ0) is 22.6. The average molecular weight is 427 g/mol. The van der Waals surface area contributed by atoms with Crippen LogP contribution in [-0.4, -0.2) is 35.1 Å². The number of nitrogens with one attached hydrogen (secondary N) is 1. The Hall–Kier alpha value is -3.19. The molecule has 0 aliphatic heterocycles. The number of hydrogen-bond acceptors (Lipinski definition) is 6. The van der Waals surface area contributed by atoms with E-state index in [1.807, 2.05) is 60.7 Å². The summed E-state index contributed by atoms with van der Waals surface area (Å²) in [5, 5.41) is 12.4. The number of esters is 2. The third kappa shape index (κ3) is 8.60. The summed E-state index contributed by atoms with van der Waals surface area (Å²) in [6, 6.07) is 17.2. The van der Waals surface area contributed by atoms with Crippen molar-refractivity contribution in [2.24, 2.45) is 5.92 Å². The molecule has 2 N–H and O–H groups in total. The minimum Gasteiger partial charge on any atom is -0.461 e. The van der Waals surface area contributed by atoms with Gasteiger partial charge in [-0.2, -0.15) is 0 Å². The second-order valence-corrected chi connectivity index (χ2v) is 7.41. The van der Waals surface area contributed by atoms with Crippen molar-refractivity contribution in [2.75, 3.05) is 0 Å². The second kappa shape index (κ2) is 12.5. The molecule has 0 saturated heterocycles. The fraction of sp³-hybridized carbons (Fsp3) is 0.375. The van der Waals surface area contributed by atoms with Crippen molar-refractivity contribution >= 4 is 17.8 Å². The molecule has 0 aromatic heterocycles. The Kier molecular flexibility index (Phi) is 9.71. The quantitative estimate of drug-likeness (QED) is 0.535. The van der Waals surface area contributed by atoms with E-state index in [1.165, 1.54) is 6.92 Å². The molecule has 2 rings (SSSR count). The van der Waals surface area contributed by atoms with Gasteiger partial charge >= 0.3 is 11.9 Å². The maximum absolute atomic E-state index is 12.4. The highest BCUT2D eigenvalue weighted by Crippen LogP contribution is 2.10. The van der Waals surface area contributed by atoms with E-state index in [4.69, 9.17) is 9.47 Å². The van der Waals surface area contributed by atoms with E-state index in [1.54, 1.807) is 6.92 Å². The van der Waals surface area contributed by atoms with Gasteiger partial charge in [0, 0.05) is 12.3 Å². The van der Waals surface area contributed by atoms with E-state index in [-0.39, 0.29) is 26.1 Å². The Bertz CT molecular complexity index is 838. The Morgan fingerprint density at radius 3 is 1.90 bits per heavy atom. The summed E-state index contributed by atoms with van der Waals surface area (Å²) >= 11 is 0. The predicted octanol–water partition coefficient (Wildman–Crippen LogP) is 2.76. The van der Waals surface area contributed by atoms with Crippen molar-refractivity contribution in [1.82, 2.24) is 5.32 Å². The van der Waals surface area contributed by atoms with Crippen LogP contribution < -0.4 is 5.32 Å². The maximum Gasteiger partial charge on any atom is 0.331 e. The third-order valence-electron chi connectivity index (χ3n) is 4.73. The van der Waals surface area contributed by atoms with Gasteiger partial charge in [-0.05, 0) is 24.5 Å². The average Bonchev–Trinajstić information content (AvgIpc) is 2.79. The lowest BCUT2D eigenvalue weighted by Gasteiger charge is -2.22. The van der Waals surface area contributed by atoms with E-state index >= 15 is 0 Å². The standard InChI is InChI=1S/C24H29NO6/c1-17(13-14-21(27)30-15-19-9-5-3-6-10-19)23(28)25-22(18(2)26)24(29)31-16-20-11-7-4-8-12-20/h3-12,17-18,22,26H,13-16H2,1-2H3,(H,25,28)/t17-,18?,22-/m0/s1. The van der Waals surface area contributed by atoms with Crippen LogP contribution in [0.15, 0.2) is 60.7 Å². The number of carbonyl (C=O) groups is 3. The van der Waals surface area contributed by atoms with Gasteiger partial charge in [0.1, 0.15) is 13.2 Å². The first kappa shape index (κ1) is 24.1. The predicted molar refractivity (Wildman–Crippen MR) is 114 cm³/mol. The van der Waals surface area contributed by atoms with Gasteiger partial charge < -0.3 is 19.9 Å². The summed E-state index contributed by atoms with van der Waals surface area (Å²) in [7, 11) is 0. The Morgan fingerprint density at radius 2 is 1.39 bits per heavy atom. The van der Waals surface area contributed by atoms with Crippen LogP contribution in [0.4, 0.5) is 0 Å². The van der Waals surface area contributed by atoms with Crippen molar-refractivity contribution in [3.63, 3.8) is 0 Å². The first-order valence-electron chi connectivity index (χ1n) is 10.3. The van der Waals surface area contributed by atoms with E-state index in [9.17, 15) is 19.5 Å². The third-order valence-corrected chi connectivity index (χ3v) is 4.73.